The molecule has 28 heavy (non-hydrogen) atoms. The fourth-order valence-corrected chi connectivity index (χ4v) is 3.39. The number of hydrogen-bond donors (Lipinski definition) is 1. The van der Waals surface area contributed by atoms with Crippen molar-refractivity contribution in [2.24, 2.45) is 0 Å². The van der Waals surface area contributed by atoms with E-state index in [-0.39, 0.29) is 16.3 Å². The average molecular weight is 470 g/mol. The van der Waals surface area contributed by atoms with E-state index in [1.54, 1.807) is 12.1 Å². The normalized spacial score (nSPS) is 15.2. The number of rotatable bonds is 5. The van der Waals surface area contributed by atoms with Crippen molar-refractivity contribution in [2.75, 3.05) is 18.7 Å². The number of carbonyl (C=O) groups is 2. The van der Waals surface area contributed by atoms with E-state index in [2.05, 4.69) is 21.4 Å². The van der Waals surface area contributed by atoms with Crippen LogP contribution < -0.4 is 19.9 Å². The zero-order valence-corrected chi connectivity index (χ0v) is 17.2. The molecule has 1 aliphatic heterocycles. The highest BCUT2D eigenvalue weighted by Gasteiger charge is 2.34. The highest BCUT2D eigenvalue weighted by atomic mass is 79.9. The third kappa shape index (κ3) is 3.83. The third-order valence-electron chi connectivity index (χ3n) is 3.90. The summed E-state index contributed by atoms with van der Waals surface area (Å²) in [4.78, 5) is 25.0. The Hall–Kier alpha value is -2.58. The number of hydrogen-bond acceptors (Lipinski definition) is 4. The smallest absolute Gasteiger partial charge is 0.282 e. The first-order valence-corrected chi connectivity index (χ1v) is 9.35. The minimum Gasteiger partial charge on any atom is -0.493 e. The standard InChI is InChI=1S/C19H15BrClFN2O4/c1-3-28-17-13(20)7-10(8-16(17)27-2)6-12-18(25)23-24(19(12)26)11-4-5-15(22)14(21)9-11/h4-9H,3H2,1-2H3,(H,23,25). The lowest BCUT2D eigenvalue weighted by Crippen LogP contribution is -2.35. The summed E-state index contributed by atoms with van der Waals surface area (Å²) in [5, 5.41) is 0.859. The van der Waals surface area contributed by atoms with Crippen molar-refractivity contribution >= 4 is 51.1 Å². The molecule has 0 bridgehead atoms. The summed E-state index contributed by atoms with van der Waals surface area (Å²) in [6.45, 7) is 2.30. The summed E-state index contributed by atoms with van der Waals surface area (Å²) >= 11 is 9.16. The molecule has 1 saturated heterocycles. The summed E-state index contributed by atoms with van der Waals surface area (Å²) in [6, 6.07) is 7.08. The van der Waals surface area contributed by atoms with Crippen LogP contribution in [0.1, 0.15) is 12.5 Å². The lowest BCUT2D eigenvalue weighted by molar-refractivity contribution is -0.117. The van der Waals surface area contributed by atoms with Crippen LogP contribution in [-0.4, -0.2) is 25.5 Å². The van der Waals surface area contributed by atoms with Crippen LogP contribution in [0.25, 0.3) is 6.08 Å². The summed E-state index contributed by atoms with van der Waals surface area (Å²) in [6.07, 6.45) is 1.44. The zero-order chi connectivity index (χ0) is 20.4. The number of amides is 2. The van der Waals surface area contributed by atoms with Gasteiger partial charge in [0.25, 0.3) is 11.8 Å². The van der Waals surface area contributed by atoms with Crippen LogP contribution in [0.4, 0.5) is 10.1 Å². The SMILES string of the molecule is CCOc1c(Br)cc(C=C2C(=O)NN(c3ccc(F)c(Cl)c3)C2=O)cc1OC. The molecule has 0 spiro atoms. The Bertz CT molecular complexity index is 996. The minimum atomic E-state index is -0.620. The molecule has 0 atom stereocenters. The maximum absolute atomic E-state index is 13.4. The lowest BCUT2D eigenvalue weighted by atomic mass is 10.1. The van der Waals surface area contributed by atoms with Gasteiger partial charge in [-0.2, -0.15) is 0 Å². The Morgan fingerprint density at radius 1 is 1.29 bits per heavy atom. The first-order valence-electron chi connectivity index (χ1n) is 8.18. The number of halogens is 3. The molecule has 2 aromatic carbocycles. The maximum Gasteiger partial charge on any atom is 0.282 e. The summed E-state index contributed by atoms with van der Waals surface area (Å²) in [5.41, 5.74) is 3.16. The molecule has 0 saturated carbocycles. The molecule has 0 unspecified atom stereocenters. The Morgan fingerprint density at radius 2 is 2.04 bits per heavy atom. The van der Waals surface area contributed by atoms with E-state index in [4.69, 9.17) is 21.1 Å². The number of methoxy groups -OCH3 is 1. The van der Waals surface area contributed by atoms with Gasteiger partial charge in [-0.05, 0) is 64.8 Å². The number of anilines is 1. The molecule has 1 heterocycles. The number of carbonyl (C=O) groups excluding carboxylic acids is 2. The fourth-order valence-electron chi connectivity index (χ4n) is 2.64. The predicted molar refractivity (Wildman–Crippen MR) is 107 cm³/mol. The summed E-state index contributed by atoms with van der Waals surface area (Å²) in [5.74, 6) is -0.815. The van der Waals surface area contributed by atoms with E-state index in [0.29, 0.717) is 28.1 Å². The van der Waals surface area contributed by atoms with Crippen LogP contribution in [0.5, 0.6) is 11.5 Å². The third-order valence-corrected chi connectivity index (χ3v) is 4.78. The number of nitrogens with one attached hydrogen (secondary N) is 1. The van der Waals surface area contributed by atoms with Crippen LogP contribution in [0.2, 0.25) is 5.02 Å². The number of ether oxygens (including phenoxy) is 2. The number of nitrogens with zero attached hydrogens (tertiary/aromatic N) is 1. The van der Waals surface area contributed by atoms with Crippen molar-refractivity contribution in [1.29, 1.82) is 0 Å². The predicted octanol–water partition coefficient (Wildman–Crippen LogP) is 4.11. The van der Waals surface area contributed by atoms with Gasteiger partial charge in [0.15, 0.2) is 11.5 Å². The molecule has 0 radical (unpaired) electrons. The van der Waals surface area contributed by atoms with Gasteiger partial charge in [0.2, 0.25) is 0 Å². The molecule has 1 aliphatic rings. The van der Waals surface area contributed by atoms with Gasteiger partial charge < -0.3 is 9.47 Å². The first kappa shape index (κ1) is 20.2. The monoisotopic (exact) mass is 468 g/mol. The van der Waals surface area contributed by atoms with Gasteiger partial charge in [-0.25, -0.2) is 9.40 Å². The molecule has 0 aromatic heterocycles. The molecule has 146 valence electrons. The van der Waals surface area contributed by atoms with E-state index < -0.39 is 17.6 Å². The molecular weight excluding hydrogens is 455 g/mol. The second-order valence-electron chi connectivity index (χ2n) is 5.71. The highest BCUT2D eigenvalue weighted by molar-refractivity contribution is 9.10. The molecule has 2 amide bonds. The maximum atomic E-state index is 13.4. The van der Waals surface area contributed by atoms with Crippen molar-refractivity contribution in [2.45, 2.75) is 6.92 Å². The van der Waals surface area contributed by atoms with Gasteiger partial charge in [-0.3, -0.25) is 15.0 Å². The minimum absolute atomic E-state index is 0.0847. The fraction of sp³-hybridized carbons (Fsp3) is 0.158. The van der Waals surface area contributed by atoms with Crippen LogP contribution >= 0.6 is 27.5 Å². The van der Waals surface area contributed by atoms with Gasteiger partial charge in [0.05, 0.1) is 28.9 Å². The lowest BCUT2D eigenvalue weighted by Gasteiger charge is -2.15. The Labute approximate surface area is 174 Å². The summed E-state index contributed by atoms with van der Waals surface area (Å²) in [7, 11) is 1.49. The van der Waals surface area contributed by atoms with Gasteiger partial charge in [0.1, 0.15) is 11.4 Å². The molecule has 1 N–H and O–H groups in total. The van der Waals surface area contributed by atoms with Crippen molar-refractivity contribution in [3.8, 4) is 11.5 Å². The van der Waals surface area contributed by atoms with E-state index in [9.17, 15) is 14.0 Å². The Balaban J connectivity index is 1.96. The van der Waals surface area contributed by atoms with Crippen molar-refractivity contribution in [1.82, 2.24) is 5.43 Å². The molecular formula is C19H15BrClFN2O4. The topological polar surface area (TPSA) is 67.9 Å². The molecule has 3 rings (SSSR count). The van der Waals surface area contributed by atoms with Crippen LogP contribution in [0.3, 0.4) is 0 Å². The van der Waals surface area contributed by atoms with Crippen LogP contribution in [-0.2, 0) is 9.59 Å². The molecule has 9 heteroatoms. The van der Waals surface area contributed by atoms with Crippen molar-refractivity contribution < 1.29 is 23.5 Å². The quantitative estimate of drug-likeness (QED) is 0.529. The Morgan fingerprint density at radius 3 is 2.68 bits per heavy atom. The van der Waals surface area contributed by atoms with Gasteiger partial charge in [0, 0.05) is 0 Å². The zero-order valence-electron chi connectivity index (χ0n) is 14.9. The molecule has 1 fully saturated rings. The summed E-state index contributed by atoms with van der Waals surface area (Å²) < 4.78 is 24.8. The second kappa shape index (κ2) is 8.20. The van der Waals surface area contributed by atoms with Gasteiger partial charge in [-0.1, -0.05) is 11.6 Å². The van der Waals surface area contributed by atoms with Gasteiger partial charge in [-0.15, -0.1) is 0 Å². The van der Waals surface area contributed by atoms with Crippen LogP contribution in [0.15, 0.2) is 40.4 Å². The average Bonchev–Trinajstić information content (AvgIpc) is 2.94. The van der Waals surface area contributed by atoms with E-state index in [1.807, 2.05) is 6.92 Å². The molecule has 2 aromatic rings. The van der Waals surface area contributed by atoms with E-state index in [0.717, 1.165) is 11.1 Å². The Kier molecular flexibility index (Phi) is 5.90. The molecule has 0 aliphatic carbocycles. The van der Waals surface area contributed by atoms with E-state index >= 15 is 0 Å². The number of hydrazine groups is 1. The largest absolute Gasteiger partial charge is 0.493 e. The van der Waals surface area contributed by atoms with Crippen molar-refractivity contribution in [3.63, 3.8) is 0 Å². The van der Waals surface area contributed by atoms with Crippen molar-refractivity contribution in [3.05, 3.63) is 56.8 Å². The van der Waals surface area contributed by atoms with E-state index in [1.165, 1.54) is 25.3 Å². The van der Waals surface area contributed by atoms with Crippen LogP contribution in [0, 0.1) is 5.82 Å². The van der Waals surface area contributed by atoms with Gasteiger partial charge >= 0.3 is 0 Å². The first-order chi connectivity index (χ1) is 13.3. The second-order valence-corrected chi connectivity index (χ2v) is 6.97. The molecule has 6 nitrogen and oxygen atoms in total. The highest BCUT2D eigenvalue weighted by Crippen LogP contribution is 2.37. The number of benzene rings is 2.